The second kappa shape index (κ2) is 24.1. The van der Waals surface area contributed by atoms with Crippen molar-refractivity contribution in [3.8, 4) is 28.7 Å². The fraction of sp³-hybridized carbons (Fsp3) is 0.357. The van der Waals surface area contributed by atoms with Gasteiger partial charge in [-0.05, 0) is 78.1 Å². The third-order valence-electron chi connectivity index (χ3n) is 13.6. The number of nitrogens with one attached hydrogen (secondary N) is 3. The first-order chi connectivity index (χ1) is 36.7. The summed E-state index contributed by atoms with van der Waals surface area (Å²) in [7, 11) is 4.75. The molecule has 2 aromatic carbocycles. The van der Waals surface area contributed by atoms with Crippen molar-refractivity contribution in [2.75, 3.05) is 46.5 Å². The molecule has 0 radical (unpaired) electrons. The molecule has 3 amide bonds. The van der Waals surface area contributed by atoms with Gasteiger partial charge in [-0.15, -0.1) is 0 Å². The van der Waals surface area contributed by atoms with E-state index < -0.39 is 48.3 Å². The number of carboxylic acid groups (broad SMARTS) is 1. The van der Waals surface area contributed by atoms with Crippen LogP contribution < -0.4 is 44.7 Å². The lowest BCUT2D eigenvalue weighted by molar-refractivity contribution is -0.738. The number of aliphatic carboxylic acids is 1. The van der Waals surface area contributed by atoms with E-state index in [0.717, 1.165) is 44.9 Å². The smallest absolute Gasteiger partial charge is 0.408 e. The molecule has 4 atom stereocenters. The fourth-order valence-electron chi connectivity index (χ4n) is 9.72. The van der Waals surface area contributed by atoms with Gasteiger partial charge in [-0.3, -0.25) is 14.8 Å². The first kappa shape index (κ1) is 53.6. The van der Waals surface area contributed by atoms with E-state index in [9.17, 15) is 34.7 Å². The monoisotopic (exact) mass is 1040 g/mol. The number of benzene rings is 2. The molecule has 0 spiro atoms. The van der Waals surface area contributed by atoms with E-state index in [4.69, 9.17) is 28.4 Å². The summed E-state index contributed by atoms with van der Waals surface area (Å²) in [4.78, 5) is 50.4. The maximum atomic E-state index is 13.7. The first-order valence-electron chi connectivity index (χ1n) is 25.0. The predicted molar refractivity (Wildman–Crippen MR) is 279 cm³/mol. The fourth-order valence-corrected chi connectivity index (χ4v) is 9.72. The number of carbonyl (C=O) groups is 4. The topological polar surface area (TPSA) is 242 Å². The number of aromatic nitrogens is 2. The van der Waals surface area contributed by atoms with Crippen molar-refractivity contribution in [2.24, 2.45) is 17.8 Å². The molecule has 2 aliphatic heterocycles. The molecule has 4 N–H and O–H groups in total. The Morgan fingerprint density at radius 1 is 0.776 bits per heavy atom. The highest BCUT2D eigenvalue weighted by Crippen LogP contribution is 2.41. The number of hydrogen-bond donors (Lipinski definition) is 4. The van der Waals surface area contributed by atoms with Crippen molar-refractivity contribution in [2.45, 2.75) is 71.1 Å². The Bertz CT molecular complexity index is 3030. The molecular weight excluding hydrogens is 979 g/mol. The van der Waals surface area contributed by atoms with Gasteiger partial charge in [-0.2, -0.15) is 4.74 Å². The number of nitrogens with zero attached hydrogens (tertiary/aromatic N) is 4. The highest BCUT2D eigenvalue weighted by Gasteiger charge is 2.37. The number of allylic oxidation sites excluding steroid dienone is 8. The molecule has 4 heterocycles. The molecule has 0 bridgehead atoms. The van der Waals surface area contributed by atoms with Crippen molar-refractivity contribution >= 4 is 53.1 Å². The molecule has 4 aliphatic rings. The van der Waals surface area contributed by atoms with Crippen molar-refractivity contribution in [3.63, 3.8) is 0 Å². The van der Waals surface area contributed by atoms with Gasteiger partial charge in [0.2, 0.25) is 29.9 Å². The molecular formula is C56H63N7O13. The number of anilines is 1. The van der Waals surface area contributed by atoms with E-state index in [0.29, 0.717) is 78.3 Å². The van der Waals surface area contributed by atoms with Crippen LogP contribution >= 0.6 is 0 Å². The number of ether oxygens (including phenoxy) is 6. The van der Waals surface area contributed by atoms with Crippen LogP contribution in [-0.2, 0) is 32.2 Å². The number of methoxy groups -OCH3 is 3. The number of amides is 3. The predicted octanol–water partition coefficient (Wildman–Crippen LogP) is 5.81. The SMILES string of the molecule is C=CCOC(=O)NC(C(=O)NC(CCC(=O)[O-])C(=O)Nc1ccc(C2=CC=C3C(C2)Cn2cc(OCCCOc4cn5c(c4OC)C=[N+](O)C4=CC=C(c6ccc(OC)cc6)CC4C5)c(OC)c2C=[N+]3[O-])cc1)C(C)C. The van der Waals surface area contributed by atoms with Gasteiger partial charge in [0.05, 0.1) is 58.8 Å². The van der Waals surface area contributed by atoms with E-state index >= 15 is 0 Å². The molecule has 20 heteroatoms. The van der Waals surface area contributed by atoms with E-state index in [-0.39, 0.29) is 31.5 Å². The van der Waals surface area contributed by atoms with Gasteiger partial charge in [-0.1, -0.05) is 62.9 Å². The number of hydroxylamine groups is 2. The lowest BCUT2D eigenvalue weighted by Gasteiger charge is -2.25. The summed E-state index contributed by atoms with van der Waals surface area (Å²) in [6.07, 6.45) is 16.1. The van der Waals surface area contributed by atoms with Crippen LogP contribution in [0.3, 0.4) is 0 Å². The van der Waals surface area contributed by atoms with Crippen LogP contribution in [0.2, 0.25) is 0 Å². The van der Waals surface area contributed by atoms with E-state index in [1.165, 1.54) is 24.1 Å². The van der Waals surface area contributed by atoms with E-state index in [1.807, 2.05) is 76.2 Å². The zero-order valence-corrected chi connectivity index (χ0v) is 43.1. The summed E-state index contributed by atoms with van der Waals surface area (Å²) >= 11 is 0. The molecule has 400 valence electrons. The highest BCUT2D eigenvalue weighted by atomic mass is 16.5. The average Bonchev–Trinajstić information content (AvgIpc) is 3.82. The largest absolute Gasteiger partial charge is 0.618 e. The van der Waals surface area contributed by atoms with E-state index in [2.05, 4.69) is 22.5 Å². The number of hydrogen-bond acceptors (Lipinski definition) is 13. The Balaban J connectivity index is 0.863. The summed E-state index contributed by atoms with van der Waals surface area (Å²) in [6.45, 7) is 8.43. The number of carboxylic acids is 1. The van der Waals surface area contributed by atoms with Crippen LogP contribution in [0.4, 0.5) is 10.5 Å². The van der Waals surface area contributed by atoms with Crippen LogP contribution in [0.15, 0.2) is 109 Å². The second-order valence-corrected chi connectivity index (χ2v) is 19.0. The van der Waals surface area contributed by atoms with Crippen molar-refractivity contribution in [3.05, 3.63) is 137 Å². The molecule has 0 saturated carbocycles. The van der Waals surface area contributed by atoms with Crippen LogP contribution in [0.25, 0.3) is 11.1 Å². The molecule has 0 saturated heterocycles. The van der Waals surface area contributed by atoms with E-state index in [1.54, 1.807) is 52.5 Å². The van der Waals surface area contributed by atoms with Gasteiger partial charge >= 0.3 is 6.09 Å². The Morgan fingerprint density at radius 2 is 1.34 bits per heavy atom. The van der Waals surface area contributed by atoms with Gasteiger partial charge in [0.15, 0.2) is 40.1 Å². The van der Waals surface area contributed by atoms with Gasteiger partial charge in [0, 0.05) is 48.1 Å². The summed E-state index contributed by atoms with van der Waals surface area (Å²) in [5.74, 6) is -0.643. The van der Waals surface area contributed by atoms with Crippen molar-refractivity contribution < 1.29 is 67.4 Å². The van der Waals surface area contributed by atoms with Crippen molar-refractivity contribution in [1.82, 2.24) is 19.8 Å². The summed E-state index contributed by atoms with van der Waals surface area (Å²) < 4.78 is 40.4. The van der Waals surface area contributed by atoms with Crippen LogP contribution in [0, 0.1) is 23.0 Å². The standard InChI is InChI=1S/C56H63N7O13/c1-7-23-76-56(68)59-51(34(2)3)55(67)58-43(19-22-50(64)65)54(66)57-41-15-9-35(10-16-41)37-13-20-44-39(26-37)28-60-32-48(52(72-5)46(60)30-62(44)69)74-24-8-25-75-49-33-61-29-40-27-38(36-11-17-42(71-4)18-12-36)14-21-45(40)63(70)31-47(61)53(49)73-6/h7,9-18,20-21,30-34,39-40,43,51H,1,8,19,22-29H2,2-6H3,(H4-,57,58,59,64,65,66,67,68,70). The quantitative estimate of drug-likeness (QED) is 0.0239. The molecule has 76 heavy (non-hydrogen) atoms. The Morgan fingerprint density at radius 3 is 1.89 bits per heavy atom. The minimum atomic E-state index is -1.40. The molecule has 4 unspecified atom stereocenters. The zero-order valence-electron chi connectivity index (χ0n) is 43.1. The maximum Gasteiger partial charge on any atom is 0.408 e. The Kier molecular flexibility index (Phi) is 17.0. The summed E-state index contributed by atoms with van der Waals surface area (Å²) in [6, 6.07) is 12.6. The van der Waals surface area contributed by atoms with Gasteiger partial charge < -0.3 is 68.6 Å². The van der Waals surface area contributed by atoms with Crippen LogP contribution in [0.1, 0.15) is 68.5 Å². The normalized spacial score (nSPS) is 17.2. The van der Waals surface area contributed by atoms with Gasteiger partial charge in [0.25, 0.3) is 0 Å². The van der Waals surface area contributed by atoms with Crippen molar-refractivity contribution in [1.29, 1.82) is 0 Å². The number of fused-ring (bicyclic) bond motifs is 4. The Hall–Kier alpha value is -8.68. The second-order valence-electron chi connectivity index (χ2n) is 19.0. The first-order valence-corrected chi connectivity index (χ1v) is 25.0. The average molecular weight is 1040 g/mol. The van der Waals surface area contributed by atoms with Gasteiger partial charge in [0.1, 0.15) is 24.4 Å². The molecule has 20 nitrogen and oxygen atoms in total. The molecule has 4 aromatic rings. The molecule has 2 aromatic heterocycles. The third kappa shape index (κ3) is 12.3. The lowest BCUT2D eigenvalue weighted by atomic mass is 9.87. The lowest BCUT2D eigenvalue weighted by Crippen LogP contribution is -2.54. The minimum absolute atomic E-state index is 0.0110. The number of alkyl carbamates (subject to hydrolysis) is 1. The number of carbonyl (C=O) groups excluding carboxylic acids is 4. The molecule has 0 fully saturated rings. The zero-order chi connectivity index (χ0) is 54.0. The van der Waals surface area contributed by atoms with Gasteiger partial charge in [-0.25, -0.2) is 4.79 Å². The Labute approximate surface area is 440 Å². The molecule has 8 rings (SSSR count). The minimum Gasteiger partial charge on any atom is -0.618 e. The van der Waals surface area contributed by atoms with Crippen LogP contribution in [0.5, 0.6) is 28.7 Å². The maximum absolute atomic E-state index is 13.7. The molecule has 2 aliphatic carbocycles. The third-order valence-corrected chi connectivity index (χ3v) is 13.6. The summed E-state index contributed by atoms with van der Waals surface area (Å²) in [5, 5.41) is 44.0. The number of rotatable bonds is 22. The highest BCUT2D eigenvalue weighted by molar-refractivity contribution is 5.98. The summed E-state index contributed by atoms with van der Waals surface area (Å²) in [5.41, 5.74) is 7.06. The van der Waals surface area contributed by atoms with Crippen LogP contribution in [-0.4, -0.2) is 113 Å².